The zero-order chi connectivity index (χ0) is 26.6. The van der Waals surface area contributed by atoms with Gasteiger partial charge in [-0.25, -0.2) is 23.2 Å². The highest BCUT2D eigenvalue weighted by Gasteiger charge is 2.62. The number of aliphatic hydroxyl groups excluding tert-OH is 1. The van der Waals surface area contributed by atoms with Crippen LogP contribution in [0.5, 0.6) is 0 Å². The second-order valence-electron chi connectivity index (χ2n) is 10.3. The van der Waals surface area contributed by atoms with E-state index in [1.54, 1.807) is 24.3 Å². The van der Waals surface area contributed by atoms with Crippen LogP contribution in [0.2, 0.25) is 5.15 Å². The predicted octanol–water partition coefficient (Wildman–Crippen LogP) is 3.43. The number of ether oxygens (including phenoxy) is 2. The normalized spacial score (nSPS) is 30.9. The van der Waals surface area contributed by atoms with Crippen LogP contribution in [-0.2, 0) is 9.47 Å². The molecule has 12 heteroatoms. The number of benzene rings is 1. The Balaban J connectivity index is 1.29. The van der Waals surface area contributed by atoms with Crippen molar-refractivity contribution < 1.29 is 33.3 Å². The number of esters is 1. The molecule has 1 saturated carbocycles. The maximum absolute atomic E-state index is 14.1. The van der Waals surface area contributed by atoms with Gasteiger partial charge in [-0.05, 0) is 42.9 Å². The summed E-state index contributed by atoms with van der Waals surface area (Å²) in [5, 5.41) is 26.9. The third-order valence-corrected chi connectivity index (χ3v) is 8.30. The zero-order valence-electron chi connectivity index (χ0n) is 20.3. The van der Waals surface area contributed by atoms with E-state index in [2.05, 4.69) is 15.0 Å². The number of rotatable bonds is 6. The first kappa shape index (κ1) is 25.4. The van der Waals surface area contributed by atoms with Gasteiger partial charge in [-0.1, -0.05) is 36.2 Å². The molecular weight excluding hydrogens is 522 g/mol. The lowest BCUT2D eigenvalue weighted by Gasteiger charge is -2.29. The van der Waals surface area contributed by atoms with E-state index in [-0.39, 0.29) is 16.4 Å². The number of pyridine rings is 1. The van der Waals surface area contributed by atoms with E-state index in [9.17, 15) is 23.8 Å². The van der Waals surface area contributed by atoms with Gasteiger partial charge in [0.05, 0.1) is 22.8 Å². The zero-order valence-corrected chi connectivity index (χ0v) is 21.0. The highest BCUT2D eigenvalue weighted by atomic mass is 35.5. The SMILES string of the molecule is O=C(OC[C@H]1O[C@@H](n2ncc3c(N4C[C@H]5CCC[C@H]5C4)cc(Cl)nc32)[C@H](O)[C@@]1(O)C(F)F)c1ccccc1. The standard InChI is InChI=1S/C26H27ClF2N4O5/c27-20-9-18(32-11-15-7-4-8-16(15)12-32)17-10-30-33(22(17)31-20)23-21(34)26(36,25(28)29)19(38-23)13-37-24(35)14-5-2-1-3-6-14/h1-3,5-6,9-10,15-16,19,21,23,25,34,36H,4,7-8,11-13H2/t15-,16+,19-,21+,23-,26-/m1/s1. The highest BCUT2D eigenvalue weighted by molar-refractivity contribution is 6.30. The number of fused-ring (bicyclic) bond motifs is 2. The van der Waals surface area contributed by atoms with E-state index >= 15 is 0 Å². The van der Waals surface area contributed by atoms with Crippen LogP contribution in [0.15, 0.2) is 42.6 Å². The van der Waals surface area contributed by atoms with E-state index in [1.165, 1.54) is 37.6 Å². The van der Waals surface area contributed by atoms with Gasteiger partial charge >= 0.3 is 5.97 Å². The summed E-state index contributed by atoms with van der Waals surface area (Å²) in [6, 6.07) is 9.73. The molecule has 4 heterocycles. The molecule has 1 aromatic carbocycles. The molecule has 3 aromatic rings. The molecule has 9 nitrogen and oxygen atoms in total. The van der Waals surface area contributed by atoms with Crippen LogP contribution < -0.4 is 4.90 Å². The van der Waals surface area contributed by atoms with Crippen molar-refractivity contribution in [2.24, 2.45) is 11.8 Å². The van der Waals surface area contributed by atoms with E-state index < -0.39 is 43.0 Å². The van der Waals surface area contributed by atoms with E-state index in [0.717, 1.165) is 23.5 Å². The number of aromatic nitrogens is 3. The Morgan fingerprint density at radius 3 is 2.63 bits per heavy atom. The summed E-state index contributed by atoms with van der Waals surface area (Å²) >= 11 is 6.36. The van der Waals surface area contributed by atoms with Gasteiger partial charge in [0.25, 0.3) is 6.43 Å². The van der Waals surface area contributed by atoms with Gasteiger partial charge in [0, 0.05) is 13.1 Å². The molecule has 3 aliphatic rings. The Hall–Kier alpha value is -2.86. The van der Waals surface area contributed by atoms with Crippen molar-refractivity contribution in [1.29, 1.82) is 0 Å². The summed E-state index contributed by atoms with van der Waals surface area (Å²) in [6.07, 6.45) is -3.61. The summed E-state index contributed by atoms with van der Waals surface area (Å²) < 4.78 is 40.3. The molecule has 2 N–H and O–H groups in total. The largest absolute Gasteiger partial charge is 0.459 e. The number of hydrogen-bond acceptors (Lipinski definition) is 8. The van der Waals surface area contributed by atoms with Crippen molar-refractivity contribution in [3.8, 4) is 0 Å². The van der Waals surface area contributed by atoms with Crippen LogP contribution in [0, 0.1) is 11.8 Å². The average Bonchev–Trinajstić information content (AvgIpc) is 3.67. The monoisotopic (exact) mass is 548 g/mol. The first-order valence-electron chi connectivity index (χ1n) is 12.6. The lowest BCUT2D eigenvalue weighted by Crippen LogP contribution is -2.55. The number of aliphatic hydroxyl groups is 2. The fourth-order valence-electron chi connectivity index (χ4n) is 6.06. The van der Waals surface area contributed by atoms with Crippen LogP contribution >= 0.6 is 11.6 Å². The van der Waals surface area contributed by atoms with Crippen molar-refractivity contribution in [3.63, 3.8) is 0 Å². The van der Waals surface area contributed by atoms with Crippen LogP contribution in [-0.4, -0.2) is 74.9 Å². The van der Waals surface area contributed by atoms with Crippen LogP contribution in [0.4, 0.5) is 14.5 Å². The summed E-state index contributed by atoms with van der Waals surface area (Å²) in [6.45, 7) is 1.05. The molecule has 2 saturated heterocycles. The number of alkyl halides is 2. The van der Waals surface area contributed by atoms with Gasteiger partial charge in [-0.15, -0.1) is 0 Å². The third kappa shape index (κ3) is 4.12. The number of halogens is 3. The lowest BCUT2D eigenvalue weighted by molar-refractivity contribution is -0.172. The molecule has 1 aliphatic carbocycles. The van der Waals surface area contributed by atoms with Gasteiger partial charge in [-0.3, -0.25) is 0 Å². The number of anilines is 1. The summed E-state index contributed by atoms with van der Waals surface area (Å²) in [5.41, 5.74) is -1.76. The van der Waals surface area contributed by atoms with Crippen molar-refractivity contribution in [3.05, 3.63) is 53.3 Å². The molecule has 2 aliphatic heterocycles. The topological polar surface area (TPSA) is 110 Å². The average molecular weight is 549 g/mol. The molecule has 6 atom stereocenters. The molecular formula is C26H27ClF2N4O5. The Labute approximate surface area is 221 Å². The number of nitrogens with zero attached hydrogens (tertiary/aromatic N) is 4. The molecule has 0 unspecified atom stereocenters. The fraction of sp³-hybridized carbons (Fsp3) is 0.500. The maximum atomic E-state index is 14.1. The third-order valence-electron chi connectivity index (χ3n) is 8.11. The smallest absolute Gasteiger partial charge is 0.338 e. The van der Waals surface area contributed by atoms with E-state index in [0.29, 0.717) is 17.2 Å². The van der Waals surface area contributed by atoms with Gasteiger partial charge in [-0.2, -0.15) is 5.10 Å². The van der Waals surface area contributed by atoms with Crippen LogP contribution in [0.3, 0.4) is 0 Å². The van der Waals surface area contributed by atoms with Gasteiger partial charge < -0.3 is 24.6 Å². The van der Waals surface area contributed by atoms with Crippen LogP contribution in [0.1, 0.15) is 35.8 Å². The van der Waals surface area contributed by atoms with Gasteiger partial charge in [0.2, 0.25) is 0 Å². The second kappa shape index (κ2) is 9.71. The Kier molecular flexibility index (Phi) is 6.50. The minimum absolute atomic E-state index is 0.177. The van der Waals surface area contributed by atoms with Crippen molar-refractivity contribution in [2.75, 3.05) is 24.6 Å². The number of carbonyl (C=O) groups excluding carboxylic acids is 1. The Bertz CT molecular complexity index is 1330. The number of hydrogen-bond donors (Lipinski definition) is 2. The molecule has 0 radical (unpaired) electrons. The van der Waals surface area contributed by atoms with Crippen molar-refractivity contribution in [2.45, 2.75) is 49.7 Å². The highest BCUT2D eigenvalue weighted by Crippen LogP contribution is 2.44. The number of carbonyl (C=O) groups is 1. The van der Waals surface area contributed by atoms with E-state index in [1.807, 2.05) is 0 Å². The van der Waals surface area contributed by atoms with E-state index in [4.69, 9.17) is 21.1 Å². The molecule has 6 rings (SSSR count). The molecule has 202 valence electrons. The van der Waals surface area contributed by atoms with Crippen molar-refractivity contribution >= 4 is 34.3 Å². The minimum atomic E-state index is -3.40. The predicted molar refractivity (Wildman–Crippen MR) is 133 cm³/mol. The Morgan fingerprint density at radius 1 is 1.24 bits per heavy atom. The van der Waals surface area contributed by atoms with Crippen LogP contribution in [0.25, 0.3) is 11.0 Å². The fourth-order valence-corrected chi connectivity index (χ4v) is 6.25. The van der Waals surface area contributed by atoms with Gasteiger partial charge in [0.1, 0.15) is 24.0 Å². The quantitative estimate of drug-likeness (QED) is 0.356. The molecule has 0 spiro atoms. The molecule has 38 heavy (non-hydrogen) atoms. The summed E-state index contributed by atoms with van der Waals surface area (Å²) in [5.74, 6) is 0.460. The van der Waals surface area contributed by atoms with Crippen molar-refractivity contribution in [1.82, 2.24) is 14.8 Å². The second-order valence-corrected chi connectivity index (χ2v) is 10.6. The first-order valence-corrected chi connectivity index (χ1v) is 13.0. The lowest BCUT2D eigenvalue weighted by atomic mass is 9.93. The first-order chi connectivity index (χ1) is 18.3. The summed E-state index contributed by atoms with van der Waals surface area (Å²) in [7, 11) is 0. The minimum Gasteiger partial charge on any atom is -0.459 e. The molecule has 0 bridgehead atoms. The Morgan fingerprint density at radius 2 is 1.95 bits per heavy atom. The molecule has 3 fully saturated rings. The van der Waals surface area contributed by atoms with Gasteiger partial charge in [0.15, 0.2) is 17.5 Å². The summed E-state index contributed by atoms with van der Waals surface area (Å²) in [4.78, 5) is 18.9. The molecule has 0 amide bonds. The molecule has 2 aromatic heterocycles. The maximum Gasteiger partial charge on any atom is 0.338 e.